The minimum Gasteiger partial charge on any atom is -0.284 e. The van der Waals surface area contributed by atoms with Crippen molar-refractivity contribution in [1.29, 1.82) is 0 Å². The fraction of sp³-hybridized carbons (Fsp3) is 1.00. The smallest absolute Gasteiger partial charge is 0.199 e. The fourth-order valence-corrected chi connectivity index (χ4v) is 0.734. The predicted molar refractivity (Wildman–Crippen MR) is 43.6 cm³/mol. The SMILES string of the molecule is CCNC(Cl)(Cl)C(Cl)Cl. The van der Waals surface area contributed by atoms with Crippen LogP contribution in [0.1, 0.15) is 6.92 Å². The van der Waals surface area contributed by atoms with E-state index in [4.69, 9.17) is 46.4 Å². The minimum atomic E-state index is -1.22. The standard InChI is InChI=1S/C4H7Cl4N/c1-2-9-4(7,8)3(5)6/h3,9H,2H2,1H3. The van der Waals surface area contributed by atoms with Crippen LogP contribution in [0.25, 0.3) is 0 Å². The predicted octanol–water partition coefficient (Wildman–Crippen LogP) is 2.53. The van der Waals surface area contributed by atoms with Crippen LogP contribution in [-0.2, 0) is 0 Å². The molecule has 0 spiro atoms. The zero-order valence-corrected chi connectivity index (χ0v) is 7.82. The van der Waals surface area contributed by atoms with Gasteiger partial charge >= 0.3 is 0 Å². The molecule has 0 fully saturated rings. The molecule has 0 saturated carbocycles. The molecule has 0 aliphatic rings. The second-order valence-corrected chi connectivity index (χ2v) is 3.94. The molecule has 0 aliphatic carbocycles. The van der Waals surface area contributed by atoms with Gasteiger partial charge in [-0.2, -0.15) is 0 Å². The molecule has 1 nitrogen and oxygen atoms in total. The zero-order valence-electron chi connectivity index (χ0n) is 4.80. The van der Waals surface area contributed by atoms with Crippen LogP contribution in [-0.4, -0.2) is 15.8 Å². The molecule has 0 bridgehead atoms. The van der Waals surface area contributed by atoms with Crippen LogP contribution < -0.4 is 5.32 Å². The van der Waals surface area contributed by atoms with Gasteiger partial charge < -0.3 is 0 Å². The maximum absolute atomic E-state index is 5.56. The highest BCUT2D eigenvalue weighted by molar-refractivity contribution is 6.59. The van der Waals surface area contributed by atoms with Gasteiger partial charge in [0, 0.05) is 0 Å². The van der Waals surface area contributed by atoms with Crippen molar-refractivity contribution in [3.8, 4) is 0 Å². The van der Waals surface area contributed by atoms with Crippen LogP contribution in [0.3, 0.4) is 0 Å². The molecule has 0 aliphatic heterocycles. The van der Waals surface area contributed by atoms with Gasteiger partial charge in [-0.05, 0) is 6.54 Å². The van der Waals surface area contributed by atoms with Gasteiger partial charge in [0.05, 0.1) is 0 Å². The summed E-state index contributed by atoms with van der Waals surface area (Å²) in [5, 5.41) is 2.69. The largest absolute Gasteiger partial charge is 0.284 e. The lowest BCUT2D eigenvalue weighted by atomic mass is 10.6. The third-order valence-electron chi connectivity index (χ3n) is 0.687. The van der Waals surface area contributed by atoms with Crippen LogP contribution >= 0.6 is 46.4 Å². The van der Waals surface area contributed by atoms with Crippen molar-refractivity contribution in [2.24, 2.45) is 0 Å². The van der Waals surface area contributed by atoms with Crippen LogP contribution in [0.5, 0.6) is 0 Å². The first-order valence-electron chi connectivity index (χ1n) is 2.41. The molecule has 0 radical (unpaired) electrons. The Morgan fingerprint density at radius 3 is 2.00 bits per heavy atom. The van der Waals surface area contributed by atoms with E-state index in [1.807, 2.05) is 6.92 Å². The Morgan fingerprint density at radius 2 is 1.89 bits per heavy atom. The number of nitrogens with one attached hydrogen (secondary N) is 1. The van der Waals surface area contributed by atoms with Crippen LogP contribution in [0, 0.1) is 0 Å². The molecule has 0 rings (SSSR count). The van der Waals surface area contributed by atoms with Gasteiger partial charge in [-0.1, -0.05) is 30.1 Å². The van der Waals surface area contributed by atoms with E-state index < -0.39 is 9.29 Å². The summed E-state index contributed by atoms with van der Waals surface area (Å²) in [5.74, 6) is 0. The quantitative estimate of drug-likeness (QED) is 0.558. The van der Waals surface area contributed by atoms with Crippen LogP contribution in [0.2, 0.25) is 0 Å². The van der Waals surface area contributed by atoms with E-state index in [1.54, 1.807) is 0 Å². The lowest BCUT2D eigenvalue weighted by molar-refractivity contribution is 0.644. The summed E-state index contributed by atoms with van der Waals surface area (Å²) in [6.07, 6.45) is 0. The van der Waals surface area contributed by atoms with Gasteiger partial charge in [-0.3, -0.25) is 5.32 Å². The molecule has 0 atom stereocenters. The molecule has 56 valence electrons. The van der Waals surface area contributed by atoms with E-state index >= 15 is 0 Å². The topological polar surface area (TPSA) is 12.0 Å². The molecule has 1 N–H and O–H groups in total. The minimum absolute atomic E-state index is 0.628. The van der Waals surface area contributed by atoms with Crippen molar-refractivity contribution in [2.45, 2.75) is 16.2 Å². The molecule has 0 heterocycles. The van der Waals surface area contributed by atoms with Gasteiger partial charge in [0.15, 0.2) is 9.29 Å². The zero-order chi connectivity index (χ0) is 7.49. The molecule has 0 saturated heterocycles. The highest BCUT2D eigenvalue weighted by atomic mass is 35.5. The van der Waals surface area contributed by atoms with Crippen LogP contribution in [0.4, 0.5) is 0 Å². The summed E-state index contributed by atoms with van der Waals surface area (Å²) in [7, 11) is 0. The summed E-state index contributed by atoms with van der Waals surface area (Å²) in [6, 6.07) is 0. The van der Waals surface area contributed by atoms with Crippen LogP contribution in [0.15, 0.2) is 0 Å². The third-order valence-corrected chi connectivity index (χ3v) is 2.49. The molecular weight excluding hydrogens is 204 g/mol. The Morgan fingerprint density at radius 1 is 1.44 bits per heavy atom. The van der Waals surface area contributed by atoms with Gasteiger partial charge in [-0.25, -0.2) is 0 Å². The Hall–Kier alpha value is 1.12. The molecule has 5 heteroatoms. The monoisotopic (exact) mass is 209 g/mol. The van der Waals surface area contributed by atoms with Crippen molar-refractivity contribution < 1.29 is 0 Å². The Kier molecular flexibility index (Phi) is 4.60. The molecule has 0 aromatic heterocycles. The molecule has 0 amide bonds. The first-order chi connectivity index (χ1) is 4.00. The number of rotatable bonds is 3. The van der Waals surface area contributed by atoms with E-state index in [-0.39, 0.29) is 0 Å². The Balaban J connectivity index is 3.70. The van der Waals surface area contributed by atoms with Crippen molar-refractivity contribution in [3.63, 3.8) is 0 Å². The summed E-state index contributed by atoms with van der Waals surface area (Å²) in [4.78, 5) is -0.819. The highest BCUT2D eigenvalue weighted by Gasteiger charge is 2.30. The third kappa shape index (κ3) is 3.74. The number of alkyl halides is 4. The fourth-order valence-electron chi connectivity index (χ4n) is 0.313. The van der Waals surface area contributed by atoms with Crippen molar-refractivity contribution in [1.82, 2.24) is 5.32 Å². The maximum atomic E-state index is 5.56. The second kappa shape index (κ2) is 4.09. The van der Waals surface area contributed by atoms with Crippen molar-refractivity contribution >= 4 is 46.4 Å². The molecule has 9 heavy (non-hydrogen) atoms. The molecule has 0 aromatic rings. The molecular formula is C4H7Cl4N. The van der Waals surface area contributed by atoms with Gasteiger partial charge in [0.25, 0.3) is 0 Å². The maximum Gasteiger partial charge on any atom is 0.199 e. The molecule has 0 unspecified atom stereocenters. The highest BCUT2D eigenvalue weighted by Crippen LogP contribution is 2.28. The van der Waals surface area contributed by atoms with E-state index in [0.717, 1.165) is 0 Å². The molecule has 0 aromatic carbocycles. The van der Waals surface area contributed by atoms with E-state index in [9.17, 15) is 0 Å². The Labute approximate surface area is 74.6 Å². The summed E-state index contributed by atoms with van der Waals surface area (Å²) in [5.41, 5.74) is 0. The van der Waals surface area contributed by atoms with E-state index in [1.165, 1.54) is 0 Å². The summed E-state index contributed by atoms with van der Waals surface area (Å²) in [6.45, 7) is 2.48. The van der Waals surface area contributed by atoms with E-state index in [0.29, 0.717) is 6.54 Å². The van der Waals surface area contributed by atoms with Gasteiger partial charge in [-0.15, -0.1) is 23.2 Å². The average Bonchev–Trinajstić information content (AvgIpc) is 1.65. The first-order valence-corrected chi connectivity index (χ1v) is 4.04. The lowest BCUT2D eigenvalue weighted by Crippen LogP contribution is -2.39. The number of hydrogen-bond acceptors (Lipinski definition) is 1. The number of halogens is 4. The average molecular weight is 211 g/mol. The normalized spacial score (nSPS) is 12.7. The summed E-state index contributed by atoms with van der Waals surface area (Å²) >= 11 is 21.9. The van der Waals surface area contributed by atoms with Crippen molar-refractivity contribution in [3.05, 3.63) is 0 Å². The van der Waals surface area contributed by atoms with E-state index in [2.05, 4.69) is 5.32 Å². The number of hydrogen-bond donors (Lipinski definition) is 1. The first kappa shape index (κ1) is 10.1. The summed E-state index contributed by atoms with van der Waals surface area (Å²) < 4.78 is -1.22. The Bertz CT molecular complexity index is 82.6. The van der Waals surface area contributed by atoms with Gasteiger partial charge in [0.2, 0.25) is 0 Å². The van der Waals surface area contributed by atoms with Gasteiger partial charge in [0.1, 0.15) is 0 Å². The lowest BCUT2D eigenvalue weighted by Gasteiger charge is -2.20. The second-order valence-electron chi connectivity index (χ2n) is 1.45. The van der Waals surface area contributed by atoms with Crippen molar-refractivity contribution in [2.75, 3.05) is 6.54 Å².